The molecule has 3 atom stereocenters. The van der Waals surface area contributed by atoms with Crippen LogP contribution in [0.4, 0.5) is 5.95 Å². The highest BCUT2D eigenvalue weighted by molar-refractivity contribution is 5.80. The number of fused-ring (bicyclic) bond motifs is 2. The van der Waals surface area contributed by atoms with Crippen LogP contribution in [0, 0.1) is 11.8 Å². The summed E-state index contributed by atoms with van der Waals surface area (Å²) in [6.45, 7) is 2.30. The van der Waals surface area contributed by atoms with Gasteiger partial charge in [0.15, 0.2) is 0 Å². The summed E-state index contributed by atoms with van der Waals surface area (Å²) in [6.07, 6.45) is 6.90. The molecule has 1 N–H and O–H groups in total. The number of aromatic nitrogens is 2. The van der Waals surface area contributed by atoms with E-state index in [1.807, 2.05) is 6.07 Å². The first-order valence-electron chi connectivity index (χ1n) is 7.75. The monoisotopic (exact) mass is 288 g/mol. The van der Waals surface area contributed by atoms with Gasteiger partial charge in [0.1, 0.15) is 0 Å². The lowest BCUT2D eigenvalue weighted by atomic mass is 9.99. The Labute approximate surface area is 123 Å². The third-order valence-corrected chi connectivity index (χ3v) is 4.59. The predicted octanol–water partition coefficient (Wildman–Crippen LogP) is 0.596. The van der Waals surface area contributed by atoms with E-state index in [9.17, 15) is 4.79 Å². The summed E-state index contributed by atoms with van der Waals surface area (Å²) in [6, 6.07) is 1.81. The second kappa shape index (κ2) is 5.26. The topological polar surface area (TPSA) is 67.4 Å². The molecule has 1 aliphatic carbocycles. The Kier molecular flexibility index (Phi) is 3.25. The van der Waals surface area contributed by atoms with E-state index in [4.69, 9.17) is 4.74 Å². The van der Waals surface area contributed by atoms with Crippen molar-refractivity contribution in [3.05, 3.63) is 18.5 Å². The predicted molar refractivity (Wildman–Crippen MR) is 76.7 cm³/mol. The van der Waals surface area contributed by atoms with Crippen LogP contribution in [0.25, 0.3) is 0 Å². The summed E-state index contributed by atoms with van der Waals surface area (Å²) in [5.41, 5.74) is 0. The van der Waals surface area contributed by atoms with Crippen molar-refractivity contribution in [3.63, 3.8) is 0 Å². The maximum atomic E-state index is 12.3. The summed E-state index contributed by atoms with van der Waals surface area (Å²) in [7, 11) is 0. The summed E-state index contributed by atoms with van der Waals surface area (Å²) in [4.78, 5) is 23.0. The lowest BCUT2D eigenvalue weighted by Crippen LogP contribution is -2.46. The third-order valence-electron chi connectivity index (χ3n) is 4.59. The van der Waals surface area contributed by atoms with E-state index < -0.39 is 0 Å². The van der Waals surface area contributed by atoms with Gasteiger partial charge in [-0.2, -0.15) is 0 Å². The minimum atomic E-state index is -0.0354. The number of amides is 1. The van der Waals surface area contributed by atoms with Crippen LogP contribution in [0.5, 0.6) is 0 Å². The molecule has 112 valence electrons. The zero-order chi connectivity index (χ0) is 14.2. The van der Waals surface area contributed by atoms with Gasteiger partial charge in [-0.1, -0.05) is 0 Å². The van der Waals surface area contributed by atoms with Crippen molar-refractivity contribution < 1.29 is 9.53 Å². The number of ether oxygens (including phenoxy) is 1. The molecule has 3 heterocycles. The van der Waals surface area contributed by atoms with Crippen molar-refractivity contribution in [3.8, 4) is 0 Å². The molecule has 0 spiro atoms. The van der Waals surface area contributed by atoms with Gasteiger partial charge < -0.3 is 15.0 Å². The molecule has 2 bridgehead atoms. The first-order valence-corrected chi connectivity index (χ1v) is 7.75. The first kappa shape index (κ1) is 13.0. The molecule has 3 aliphatic rings. The van der Waals surface area contributed by atoms with Crippen LogP contribution in [-0.2, 0) is 9.53 Å². The molecule has 3 fully saturated rings. The summed E-state index contributed by atoms with van der Waals surface area (Å²) in [5, 5.41) is 3.09. The van der Waals surface area contributed by atoms with Crippen LogP contribution in [-0.4, -0.2) is 47.7 Å². The van der Waals surface area contributed by atoms with Crippen molar-refractivity contribution in [1.82, 2.24) is 15.3 Å². The molecule has 1 aromatic heterocycles. The van der Waals surface area contributed by atoms with Gasteiger partial charge >= 0.3 is 0 Å². The number of morpholine rings is 1. The molecule has 2 saturated heterocycles. The summed E-state index contributed by atoms with van der Waals surface area (Å²) >= 11 is 0. The van der Waals surface area contributed by atoms with Crippen molar-refractivity contribution in [2.24, 2.45) is 11.8 Å². The normalized spacial score (nSPS) is 31.2. The van der Waals surface area contributed by atoms with E-state index in [0.29, 0.717) is 12.5 Å². The van der Waals surface area contributed by atoms with E-state index in [-0.39, 0.29) is 24.0 Å². The fraction of sp³-hybridized carbons (Fsp3) is 0.667. The lowest BCUT2D eigenvalue weighted by molar-refractivity contribution is -0.126. The number of carbonyl (C=O) groups excluding carboxylic acids is 1. The Balaban J connectivity index is 1.40. The van der Waals surface area contributed by atoms with E-state index in [0.717, 1.165) is 25.5 Å². The third kappa shape index (κ3) is 2.72. The fourth-order valence-electron chi connectivity index (χ4n) is 3.25. The van der Waals surface area contributed by atoms with Crippen molar-refractivity contribution in [2.75, 3.05) is 24.5 Å². The number of anilines is 1. The number of nitrogens with zero attached hydrogens (tertiary/aromatic N) is 3. The highest BCUT2D eigenvalue weighted by Gasteiger charge is 2.45. The SMILES string of the molecule is O=C(NCC1CC1)C1CC2CN(c3ncccn3)CC1O2. The average Bonchev–Trinajstić information content (AvgIpc) is 3.30. The molecule has 3 unspecified atom stereocenters. The lowest BCUT2D eigenvalue weighted by Gasteiger charge is -2.32. The van der Waals surface area contributed by atoms with E-state index in [1.54, 1.807) is 12.4 Å². The van der Waals surface area contributed by atoms with Gasteiger partial charge in [-0.15, -0.1) is 0 Å². The Hall–Kier alpha value is -1.69. The molecule has 1 amide bonds. The van der Waals surface area contributed by atoms with Crippen molar-refractivity contribution in [1.29, 1.82) is 0 Å². The number of hydrogen-bond acceptors (Lipinski definition) is 5. The fourth-order valence-corrected chi connectivity index (χ4v) is 3.25. The molecule has 2 aliphatic heterocycles. The molecule has 4 rings (SSSR count). The van der Waals surface area contributed by atoms with Crippen molar-refractivity contribution in [2.45, 2.75) is 31.5 Å². The molecule has 1 saturated carbocycles. The Morgan fingerprint density at radius 2 is 2.14 bits per heavy atom. The van der Waals surface area contributed by atoms with Gasteiger partial charge in [0, 0.05) is 32.0 Å². The number of hydrogen-bond donors (Lipinski definition) is 1. The quantitative estimate of drug-likeness (QED) is 0.878. The van der Waals surface area contributed by atoms with E-state index in [2.05, 4.69) is 20.2 Å². The highest BCUT2D eigenvalue weighted by Crippen LogP contribution is 2.33. The van der Waals surface area contributed by atoms with E-state index in [1.165, 1.54) is 12.8 Å². The largest absolute Gasteiger partial charge is 0.370 e. The van der Waals surface area contributed by atoms with Crippen molar-refractivity contribution >= 4 is 11.9 Å². The highest BCUT2D eigenvalue weighted by atomic mass is 16.5. The maximum absolute atomic E-state index is 12.3. The number of rotatable bonds is 4. The van der Waals surface area contributed by atoms with Crippen LogP contribution in [0.15, 0.2) is 18.5 Å². The minimum Gasteiger partial charge on any atom is -0.370 e. The molecular formula is C15H20N4O2. The Morgan fingerprint density at radius 1 is 1.33 bits per heavy atom. The number of nitrogens with one attached hydrogen (secondary N) is 1. The van der Waals surface area contributed by atoms with Gasteiger partial charge in [0.05, 0.1) is 18.1 Å². The van der Waals surface area contributed by atoms with Gasteiger partial charge in [0.25, 0.3) is 0 Å². The Bertz CT molecular complexity index is 520. The average molecular weight is 288 g/mol. The summed E-state index contributed by atoms with van der Waals surface area (Å²) < 4.78 is 5.95. The van der Waals surface area contributed by atoms with Gasteiger partial charge in [0.2, 0.25) is 11.9 Å². The zero-order valence-electron chi connectivity index (χ0n) is 11.9. The minimum absolute atomic E-state index is 0.0255. The molecule has 1 aromatic rings. The van der Waals surface area contributed by atoms with Crippen LogP contribution in [0.2, 0.25) is 0 Å². The van der Waals surface area contributed by atoms with E-state index >= 15 is 0 Å². The van der Waals surface area contributed by atoms with Gasteiger partial charge in [-0.3, -0.25) is 4.79 Å². The Morgan fingerprint density at radius 3 is 2.90 bits per heavy atom. The molecule has 21 heavy (non-hydrogen) atoms. The smallest absolute Gasteiger partial charge is 0.225 e. The number of carbonyl (C=O) groups is 1. The molecule has 6 heteroatoms. The van der Waals surface area contributed by atoms with Crippen LogP contribution in [0.3, 0.4) is 0 Å². The first-order chi connectivity index (χ1) is 10.3. The maximum Gasteiger partial charge on any atom is 0.225 e. The second-order valence-electron chi connectivity index (χ2n) is 6.28. The molecule has 6 nitrogen and oxygen atoms in total. The molecular weight excluding hydrogens is 268 g/mol. The summed E-state index contributed by atoms with van der Waals surface area (Å²) in [5.74, 6) is 1.58. The van der Waals surface area contributed by atoms with Gasteiger partial charge in [-0.25, -0.2) is 9.97 Å². The van der Waals surface area contributed by atoms with Crippen LogP contribution >= 0.6 is 0 Å². The van der Waals surface area contributed by atoms with Gasteiger partial charge in [-0.05, 0) is 31.2 Å². The second-order valence-corrected chi connectivity index (χ2v) is 6.28. The zero-order valence-corrected chi connectivity index (χ0v) is 11.9. The standard InChI is InChI=1S/C15H20N4O2/c20-14(18-7-10-2-3-10)12-6-11-8-19(9-13(12)21-11)15-16-4-1-5-17-15/h1,4-5,10-13H,2-3,6-9H2,(H,18,20). The van der Waals surface area contributed by atoms with Crippen LogP contribution in [0.1, 0.15) is 19.3 Å². The molecule has 0 radical (unpaired) electrons. The van der Waals surface area contributed by atoms with Crippen LogP contribution < -0.4 is 10.2 Å². The molecule has 0 aromatic carbocycles.